The molecule has 0 amide bonds. The van der Waals surface area contributed by atoms with E-state index >= 15 is 0 Å². The van der Waals surface area contributed by atoms with Crippen LogP contribution < -0.4 is 0 Å². The summed E-state index contributed by atoms with van der Waals surface area (Å²) < 4.78 is 0. The molecule has 74 valence electrons. The largest absolute Gasteiger partial charge is 0.198 e. The molecule has 0 aromatic heterocycles. The van der Waals surface area contributed by atoms with Gasteiger partial charge in [-0.15, -0.1) is 11.6 Å². The van der Waals surface area contributed by atoms with Crippen LogP contribution in [0.2, 0.25) is 0 Å². The molecule has 15 heavy (non-hydrogen) atoms. The minimum atomic E-state index is -0.0409. The molecule has 2 aliphatic carbocycles. The monoisotopic (exact) mass is 215 g/mol. The van der Waals surface area contributed by atoms with Gasteiger partial charge in [-0.1, -0.05) is 36.4 Å². The summed E-state index contributed by atoms with van der Waals surface area (Å²) in [7, 11) is 0. The molecule has 0 fully saturated rings. The summed E-state index contributed by atoms with van der Waals surface area (Å²) in [5.41, 5.74) is 2.43. The molecular formula is C13H10ClN. The Morgan fingerprint density at radius 3 is 2.60 bits per heavy atom. The van der Waals surface area contributed by atoms with Crippen molar-refractivity contribution in [3.63, 3.8) is 0 Å². The zero-order chi connectivity index (χ0) is 10.4. The van der Waals surface area contributed by atoms with Crippen LogP contribution in [0, 0.1) is 23.2 Å². The normalized spacial score (nSPS) is 36.0. The number of nitrogens with zero attached hydrogens (tertiary/aromatic N) is 1. The summed E-state index contributed by atoms with van der Waals surface area (Å²) in [4.78, 5) is 0. The Balaban J connectivity index is 2.20. The van der Waals surface area contributed by atoms with Gasteiger partial charge in [0, 0.05) is 11.8 Å². The Hall–Kier alpha value is -1.26. The van der Waals surface area contributed by atoms with E-state index in [2.05, 4.69) is 30.4 Å². The molecule has 1 nitrogen and oxygen atoms in total. The van der Waals surface area contributed by atoms with Gasteiger partial charge in [0.15, 0.2) is 0 Å². The van der Waals surface area contributed by atoms with E-state index in [1.807, 2.05) is 12.1 Å². The minimum absolute atomic E-state index is 0.0300. The lowest BCUT2D eigenvalue weighted by Crippen LogP contribution is -2.23. The van der Waals surface area contributed by atoms with Crippen molar-refractivity contribution in [2.75, 3.05) is 0 Å². The maximum atomic E-state index is 9.17. The second kappa shape index (κ2) is 3.12. The van der Waals surface area contributed by atoms with Crippen molar-refractivity contribution in [1.29, 1.82) is 5.26 Å². The second-order valence-electron chi connectivity index (χ2n) is 4.17. The van der Waals surface area contributed by atoms with Crippen LogP contribution in [0.1, 0.15) is 22.4 Å². The molecule has 0 unspecified atom stereocenters. The molecule has 0 radical (unpaired) electrons. The van der Waals surface area contributed by atoms with Crippen LogP contribution in [-0.4, -0.2) is 0 Å². The number of halogens is 1. The summed E-state index contributed by atoms with van der Waals surface area (Å²) in [6, 6.07) is 10.6. The van der Waals surface area contributed by atoms with Crippen molar-refractivity contribution >= 4 is 11.6 Å². The lowest BCUT2D eigenvalue weighted by atomic mass is 9.74. The zero-order valence-corrected chi connectivity index (χ0v) is 8.85. The van der Waals surface area contributed by atoms with E-state index in [9.17, 15) is 0 Å². The fourth-order valence-corrected chi connectivity index (χ4v) is 3.18. The van der Waals surface area contributed by atoms with Gasteiger partial charge in [0.2, 0.25) is 0 Å². The first kappa shape index (κ1) is 9.00. The highest BCUT2D eigenvalue weighted by molar-refractivity contribution is 6.21. The Morgan fingerprint density at radius 1 is 1.13 bits per heavy atom. The van der Waals surface area contributed by atoms with Crippen molar-refractivity contribution in [2.45, 2.75) is 11.3 Å². The van der Waals surface area contributed by atoms with E-state index in [1.54, 1.807) is 0 Å². The highest BCUT2D eigenvalue weighted by Crippen LogP contribution is 2.52. The fourth-order valence-electron chi connectivity index (χ4n) is 2.74. The number of allylic oxidation sites excluding steroid dienone is 2. The molecule has 0 heterocycles. The lowest BCUT2D eigenvalue weighted by Gasteiger charge is -2.31. The van der Waals surface area contributed by atoms with Crippen molar-refractivity contribution < 1.29 is 0 Å². The summed E-state index contributed by atoms with van der Waals surface area (Å²) in [5.74, 6) is 0.477. The smallest absolute Gasteiger partial charge is 0.0672 e. The first-order chi connectivity index (χ1) is 7.33. The molecule has 2 heteroatoms. The van der Waals surface area contributed by atoms with Gasteiger partial charge in [0.25, 0.3) is 0 Å². The van der Waals surface area contributed by atoms with Crippen LogP contribution in [0.4, 0.5) is 0 Å². The van der Waals surface area contributed by atoms with Gasteiger partial charge < -0.3 is 0 Å². The average molecular weight is 216 g/mol. The number of hydrogen-bond donors (Lipinski definition) is 0. The topological polar surface area (TPSA) is 23.8 Å². The molecular weight excluding hydrogens is 206 g/mol. The number of rotatable bonds is 0. The average Bonchev–Trinajstić information content (AvgIpc) is 2.65. The van der Waals surface area contributed by atoms with Gasteiger partial charge in [0.1, 0.15) is 0 Å². The third-order valence-corrected chi connectivity index (χ3v) is 4.01. The van der Waals surface area contributed by atoms with E-state index < -0.39 is 0 Å². The summed E-state index contributed by atoms with van der Waals surface area (Å²) >= 11 is 6.41. The predicted molar refractivity (Wildman–Crippen MR) is 59.5 cm³/mol. The van der Waals surface area contributed by atoms with Crippen LogP contribution in [-0.2, 0) is 0 Å². The molecule has 1 aromatic rings. The Kier molecular flexibility index (Phi) is 1.87. The van der Waals surface area contributed by atoms with Crippen LogP contribution in [0.5, 0.6) is 0 Å². The highest BCUT2D eigenvalue weighted by Gasteiger charge is 2.43. The van der Waals surface area contributed by atoms with Crippen LogP contribution in [0.25, 0.3) is 0 Å². The molecule has 3 rings (SSSR count). The zero-order valence-electron chi connectivity index (χ0n) is 8.10. The third kappa shape index (κ3) is 1.09. The maximum absolute atomic E-state index is 9.17. The van der Waals surface area contributed by atoms with Gasteiger partial charge in [0.05, 0.1) is 17.4 Å². The number of hydrogen-bond acceptors (Lipinski definition) is 1. The van der Waals surface area contributed by atoms with E-state index in [0.717, 1.165) is 0 Å². The first-order valence-corrected chi connectivity index (χ1v) is 5.57. The van der Waals surface area contributed by atoms with E-state index in [4.69, 9.17) is 16.9 Å². The quantitative estimate of drug-likeness (QED) is 0.481. The van der Waals surface area contributed by atoms with Gasteiger partial charge in [-0.25, -0.2) is 0 Å². The predicted octanol–water partition coefficient (Wildman–Crippen LogP) is 3.39. The van der Waals surface area contributed by atoms with Crippen LogP contribution in [0.15, 0.2) is 36.4 Å². The maximum Gasteiger partial charge on any atom is 0.0672 e. The molecule has 0 spiro atoms. The van der Waals surface area contributed by atoms with Crippen molar-refractivity contribution in [3.8, 4) is 6.07 Å². The second-order valence-corrected chi connectivity index (χ2v) is 4.64. The minimum Gasteiger partial charge on any atom is -0.198 e. The van der Waals surface area contributed by atoms with E-state index in [0.29, 0.717) is 0 Å². The fraction of sp³-hybridized carbons (Fsp3) is 0.308. The van der Waals surface area contributed by atoms with E-state index in [1.165, 1.54) is 11.1 Å². The molecule has 0 saturated carbocycles. The van der Waals surface area contributed by atoms with Gasteiger partial charge in [-0.2, -0.15) is 5.26 Å². The van der Waals surface area contributed by atoms with Crippen molar-refractivity contribution in [2.24, 2.45) is 11.8 Å². The van der Waals surface area contributed by atoms with Gasteiger partial charge in [-0.3, -0.25) is 0 Å². The SMILES string of the molecule is N#C[C@H]1[C@H]2C=C[C@H]1c1ccccc1[C@H]2Cl. The van der Waals surface area contributed by atoms with Crippen molar-refractivity contribution in [3.05, 3.63) is 47.5 Å². The summed E-state index contributed by atoms with van der Waals surface area (Å²) in [5, 5.41) is 9.13. The van der Waals surface area contributed by atoms with Crippen LogP contribution in [0.3, 0.4) is 0 Å². The van der Waals surface area contributed by atoms with Crippen LogP contribution >= 0.6 is 11.6 Å². The summed E-state index contributed by atoms with van der Waals surface area (Å²) in [6.07, 6.45) is 4.25. The molecule has 4 atom stereocenters. The number of fused-ring (bicyclic) bond motifs is 4. The molecule has 0 N–H and O–H groups in total. The number of benzene rings is 1. The Labute approximate surface area is 94.0 Å². The van der Waals surface area contributed by atoms with Gasteiger partial charge in [-0.05, 0) is 11.1 Å². The Morgan fingerprint density at radius 2 is 1.87 bits per heavy atom. The molecule has 2 bridgehead atoms. The Bertz CT molecular complexity index is 472. The van der Waals surface area contributed by atoms with Gasteiger partial charge >= 0.3 is 0 Å². The number of nitriles is 1. The molecule has 0 aliphatic heterocycles. The lowest BCUT2D eigenvalue weighted by molar-refractivity contribution is 0.438. The molecule has 0 saturated heterocycles. The molecule has 1 aromatic carbocycles. The molecule has 2 aliphatic rings. The van der Waals surface area contributed by atoms with Crippen molar-refractivity contribution in [1.82, 2.24) is 0 Å². The van der Waals surface area contributed by atoms with E-state index in [-0.39, 0.29) is 23.1 Å². The number of alkyl halides is 1. The highest BCUT2D eigenvalue weighted by atomic mass is 35.5. The third-order valence-electron chi connectivity index (χ3n) is 3.48. The standard InChI is InChI=1S/C13H10ClN/c14-13-10-4-2-1-3-8(10)9-5-6-11(13)12(9)7-15/h1-6,9,11-13H/t9-,11+,12+,13+/m0/s1. The summed E-state index contributed by atoms with van der Waals surface area (Å²) in [6.45, 7) is 0. The first-order valence-electron chi connectivity index (χ1n) is 5.14.